The molecule has 2 aromatic carbocycles. The normalized spacial score (nSPS) is 16.9. The van der Waals surface area contributed by atoms with E-state index in [2.05, 4.69) is 0 Å². The van der Waals surface area contributed by atoms with Crippen LogP contribution in [0.15, 0.2) is 42.5 Å². The number of nitrogens with zero attached hydrogens (tertiary/aromatic N) is 2. The van der Waals surface area contributed by atoms with Crippen molar-refractivity contribution in [3.63, 3.8) is 0 Å². The Balaban J connectivity index is 1.66. The second-order valence-electron chi connectivity index (χ2n) is 5.99. The van der Waals surface area contributed by atoms with E-state index in [4.69, 9.17) is 11.6 Å². The lowest BCUT2D eigenvalue weighted by molar-refractivity contribution is 0.0400. The molecular weight excluding hydrogens is 347 g/mol. The van der Waals surface area contributed by atoms with Gasteiger partial charge < -0.3 is 4.90 Å². The maximum atomic E-state index is 12.9. The van der Waals surface area contributed by atoms with E-state index in [-0.39, 0.29) is 35.7 Å². The molecular formula is C18H12ClFN2O3. The number of benzene rings is 2. The van der Waals surface area contributed by atoms with Gasteiger partial charge in [0.25, 0.3) is 17.7 Å². The Bertz CT molecular complexity index is 907. The van der Waals surface area contributed by atoms with Gasteiger partial charge in [-0.15, -0.1) is 0 Å². The average molecular weight is 359 g/mol. The smallest absolute Gasteiger partial charge is 0.266 e. The summed E-state index contributed by atoms with van der Waals surface area (Å²) < 4.78 is 12.9. The minimum absolute atomic E-state index is 0.0553. The van der Waals surface area contributed by atoms with Crippen molar-refractivity contribution in [3.05, 3.63) is 64.2 Å². The summed E-state index contributed by atoms with van der Waals surface area (Å²) in [6.45, 7) is 0.111. The fraction of sp³-hybridized carbons (Fsp3) is 0.167. The molecule has 25 heavy (non-hydrogen) atoms. The first kappa shape index (κ1) is 15.8. The van der Waals surface area contributed by atoms with E-state index in [1.165, 1.54) is 23.1 Å². The molecule has 3 amide bonds. The zero-order chi connectivity index (χ0) is 17.7. The lowest BCUT2D eigenvalue weighted by atomic mass is 10.0. The SMILES string of the molecule is O=C(c1ccc2c(c1)C(=O)N(c1ccc(Cl)cc1)C2=O)N1CC(F)C1. The van der Waals surface area contributed by atoms with E-state index in [0.717, 1.165) is 4.90 Å². The Labute approximate surface area is 147 Å². The van der Waals surface area contributed by atoms with Gasteiger partial charge in [-0.2, -0.15) is 0 Å². The predicted molar refractivity (Wildman–Crippen MR) is 89.8 cm³/mol. The molecule has 1 saturated heterocycles. The van der Waals surface area contributed by atoms with Gasteiger partial charge in [-0.25, -0.2) is 9.29 Å². The molecule has 2 heterocycles. The second kappa shape index (κ2) is 5.67. The van der Waals surface area contributed by atoms with Crippen LogP contribution in [-0.2, 0) is 0 Å². The summed E-state index contributed by atoms with van der Waals surface area (Å²) in [5, 5.41) is 0.494. The highest BCUT2D eigenvalue weighted by atomic mass is 35.5. The van der Waals surface area contributed by atoms with Crippen molar-refractivity contribution in [2.75, 3.05) is 18.0 Å². The third-order valence-electron chi connectivity index (χ3n) is 4.34. The quantitative estimate of drug-likeness (QED) is 0.776. The lowest BCUT2D eigenvalue weighted by Crippen LogP contribution is -2.51. The molecule has 0 N–H and O–H groups in total. The highest BCUT2D eigenvalue weighted by Gasteiger charge is 2.38. The van der Waals surface area contributed by atoms with Crippen molar-refractivity contribution in [1.82, 2.24) is 4.90 Å². The summed E-state index contributed by atoms with van der Waals surface area (Å²) >= 11 is 5.84. The van der Waals surface area contributed by atoms with Gasteiger partial charge >= 0.3 is 0 Å². The van der Waals surface area contributed by atoms with Gasteiger partial charge in [0.05, 0.1) is 29.9 Å². The number of imide groups is 1. The molecule has 126 valence electrons. The van der Waals surface area contributed by atoms with E-state index >= 15 is 0 Å². The third-order valence-corrected chi connectivity index (χ3v) is 4.59. The van der Waals surface area contributed by atoms with Crippen LogP contribution in [0.25, 0.3) is 0 Å². The van der Waals surface area contributed by atoms with E-state index < -0.39 is 18.0 Å². The molecule has 2 aromatic rings. The van der Waals surface area contributed by atoms with Gasteiger partial charge in [-0.3, -0.25) is 14.4 Å². The molecule has 0 unspecified atom stereocenters. The molecule has 2 aliphatic rings. The van der Waals surface area contributed by atoms with Crippen LogP contribution in [0.1, 0.15) is 31.1 Å². The Morgan fingerprint density at radius 3 is 2.28 bits per heavy atom. The maximum Gasteiger partial charge on any atom is 0.266 e. The van der Waals surface area contributed by atoms with Crippen LogP contribution in [0.3, 0.4) is 0 Å². The Hall–Kier alpha value is -2.73. The Morgan fingerprint density at radius 1 is 1.00 bits per heavy atom. The average Bonchev–Trinajstić information content (AvgIpc) is 2.83. The van der Waals surface area contributed by atoms with Gasteiger partial charge in [0.15, 0.2) is 0 Å². The third kappa shape index (κ3) is 2.49. The number of anilines is 1. The number of rotatable bonds is 2. The van der Waals surface area contributed by atoms with Gasteiger partial charge in [-0.1, -0.05) is 11.6 Å². The van der Waals surface area contributed by atoms with Crippen molar-refractivity contribution in [2.45, 2.75) is 6.17 Å². The summed E-state index contributed by atoms with van der Waals surface area (Å²) in [5.74, 6) is -1.29. The number of halogens is 2. The van der Waals surface area contributed by atoms with Crippen LogP contribution in [0.4, 0.5) is 10.1 Å². The molecule has 2 aliphatic heterocycles. The first-order valence-corrected chi connectivity index (χ1v) is 8.05. The monoisotopic (exact) mass is 358 g/mol. The fourth-order valence-electron chi connectivity index (χ4n) is 2.97. The van der Waals surface area contributed by atoms with E-state index in [0.29, 0.717) is 10.7 Å². The molecule has 0 aromatic heterocycles. The van der Waals surface area contributed by atoms with E-state index in [9.17, 15) is 18.8 Å². The Morgan fingerprint density at radius 2 is 1.64 bits per heavy atom. The number of alkyl halides is 1. The first-order valence-electron chi connectivity index (χ1n) is 7.67. The summed E-state index contributed by atoms with van der Waals surface area (Å²) in [4.78, 5) is 39.9. The topological polar surface area (TPSA) is 57.7 Å². The largest absolute Gasteiger partial charge is 0.333 e. The van der Waals surface area contributed by atoms with Crippen molar-refractivity contribution in [3.8, 4) is 0 Å². The van der Waals surface area contributed by atoms with Crippen LogP contribution in [-0.4, -0.2) is 41.9 Å². The summed E-state index contributed by atoms with van der Waals surface area (Å²) in [6.07, 6.45) is -0.998. The number of hydrogen-bond donors (Lipinski definition) is 0. The molecule has 1 fully saturated rings. The zero-order valence-corrected chi connectivity index (χ0v) is 13.7. The van der Waals surface area contributed by atoms with Crippen LogP contribution in [0, 0.1) is 0 Å². The van der Waals surface area contributed by atoms with Crippen molar-refractivity contribution < 1.29 is 18.8 Å². The minimum atomic E-state index is -0.998. The van der Waals surface area contributed by atoms with Crippen molar-refractivity contribution in [1.29, 1.82) is 0 Å². The fourth-order valence-corrected chi connectivity index (χ4v) is 3.10. The van der Waals surface area contributed by atoms with Crippen LogP contribution in [0.2, 0.25) is 5.02 Å². The molecule has 0 bridgehead atoms. The minimum Gasteiger partial charge on any atom is -0.333 e. The second-order valence-corrected chi connectivity index (χ2v) is 6.43. The highest BCUT2D eigenvalue weighted by Crippen LogP contribution is 2.30. The maximum absolute atomic E-state index is 12.9. The zero-order valence-electron chi connectivity index (χ0n) is 12.9. The van der Waals surface area contributed by atoms with Gasteiger partial charge in [-0.05, 0) is 42.5 Å². The standard InChI is InChI=1S/C18H12ClFN2O3/c19-11-2-4-13(5-3-11)22-17(24)14-6-1-10(7-15(14)18(22)25)16(23)21-8-12(20)9-21/h1-7,12H,8-9H2. The lowest BCUT2D eigenvalue weighted by Gasteiger charge is -2.34. The summed E-state index contributed by atoms with van der Waals surface area (Å²) in [7, 11) is 0. The van der Waals surface area contributed by atoms with Crippen LogP contribution in [0.5, 0.6) is 0 Å². The summed E-state index contributed by atoms with van der Waals surface area (Å²) in [5.41, 5.74) is 1.09. The molecule has 0 saturated carbocycles. The van der Waals surface area contributed by atoms with Gasteiger partial charge in [0, 0.05) is 10.6 Å². The molecule has 0 atom stereocenters. The number of hydrogen-bond acceptors (Lipinski definition) is 3. The highest BCUT2D eigenvalue weighted by molar-refractivity contribution is 6.35. The molecule has 0 aliphatic carbocycles. The first-order chi connectivity index (χ1) is 12.0. The molecule has 0 spiro atoms. The van der Waals surface area contributed by atoms with E-state index in [1.54, 1.807) is 24.3 Å². The molecule has 0 radical (unpaired) electrons. The number of carbonyl (C=O) groups excluding carboxylic acids is 3. The molecule has 4 rings (SSSR count). The van der Waals surface area contributed by atoms with Crippen molar-refractivity contribution in [2.24, 2.45) is 0 Å². The van der Waals surface area contributed by atoms with Gasteiger partial charge in [0.2, 0.25) is 0 Å². The predicted octanol–water partition coefficient (Wildman–Crippen LogP) is 2.93. The van der Waals surface area contributed by atoms with Crippen molar-refractivity contribution >= 4 is 35.0 Å². The molecule has 7 heteroatoms. The van der Waals surface area contributed by atoms with Gasteiger partial charge in [0.1, 0.15) is 6.17 Å². The summed E-state index contributed by atoms with van der Waals surface area (Å²) in [6, 6.07) is 10.7. The van der Waals surface area contributed by atoms with Crippen LogP contribution >= 0.6 is 11.6 Å². The number of amides is 3. The molecule has 5 nitrogen and oxygen atoms in total. The van der Waals surface area contributed by atoms with Crippen LogP contribution < -0.4 is 4.90 Å². The Kier molecular flexibility index (Phi) is 3.58. The number of likely N-dealkylation sites (tertiary alicyclic amines) is 1. The number of carbonyl (C=O) groups is 3. The van der Waals surface area contributed by atoms with E-state index in [1.807, 2.05) is 0 Å². The number of fused-ring (bicyclic) bond motifs is 1.